The Bertz CT molecular complexity index is 348. The fourth-order valence-electron chi connectivity index (χ4n) is 2.85. The topological polar surface area (TPSA) is 51.0 Å². The summed E-state index contributed by atoms with van der Waals surface area (Å²) in [7, 11) is 0. The number of hydrogen-bond donors (Lipinski definition) is 1. The van der Waals surface area contributed by atoms with Crippen molar-refractivity contribution in [3.63, 3.8) is 0 Å². The van der Waals surface area contributed by atoms with Crippen molar-refractivity contribution >= 4 is 0 Å². The Kier molecular flexibility index (Phi) is 4.15. The van der Waals surface area contributed by atoms with E-state index < -0.39 is 0 Å². The Morgan fingerprint density at radius 3 is 2.76 bits per heavy atom. The van der Waals surface area contributed by atoms with E-state index in [1.807, 2.05) is 6.92 Å². The third-order valence-electron chi connectivity index (χ3n) is 3.77. The van der Waals surface area contributed by atoms with Crippen LogP contribution in [0.2, 0.25) is 0 Å². The molecule has 0 saturated heterocycles. The summed E-state index contributed by atoms with van der Waals surface area (Å²) >= 11 is 0. The van der Waals surface area contributed by atoms with Gasteiger partial charge in [-0.1, -0.05) is 31.8 Å². The van der Waals surface area contributed by atoms with Crippen LogP contribution < -0.4 is 5.32 Å². The Morgan fingerprint density at radius 2 is 2.12 bits per heavy atom. The SMILES string of the molecule is Cc1nc(CN[C@@H]2CCCC[C@@H]2C(C)C)no1. The molecule has 0 unspecified atom stereocenters. The molecule has 0 radical (unpaired) electrons. The zero-order valence-electron chi connectivity index (χ0n) is 11.1. The lowest BCUT2D eigenvalue weighted by molar-refractivity contribution is 0.203. The van der Waals surface area contributed by atoms with Crippen LogP contribution in [0.3, 0.4) is 0 Å². The summed E-state index contributed by atoms with van der Waals surface area (Å²) in [5, 5.41) is 7.52. The lowest BCUT2D eigenvalue weighted by atomic mass is 9.78. The normalized spacial score (nSPS) is 25.4. The van der Waals surface area contributed by atoms with Crippen LogP contribution in [0.25, 0.3) is 0 Å². The minimum atomic E-state index is 0.613. The van der Waals surface area contributed by atoms with E-state index in [0.29, 0.717) is 11.9 Å². The molecule has 1 aliphatic carbocycles. The van der Waals surface area contributed by atoms with E-state index in [0.717, 1.165) is 24.2 Å². The lowest BCUT2D eigenvalue weighted by Gasteiger charge is -2.34. The fourth-order valence-corrected chi connectivity index (χ4v) is 2.85. The van der Waals surface area contributed by atoms with Gasteiger partial charge >= 0.3 is 0 Å². The summed E-state index contributed by atoms with van der Waals surface area (Å²) in [6, 6.07) is 0.613. The quantitative estimate of drug-likeness (QED) is 0.874. The van der Waals surface area contributed by atoms with Gasteiger partial charge in [-0.2, -0.15) is 4.98 Å². The molecule has 0 aromatic carbocycles. The minimum Gasteiger partial charge on any atom is -0.340 e. The Labute approximate surface area is 103 Å². The number of rotatable bonds is 4. The third-order valence-corrected chi connectivity index (χ3v) is 3.77. The van der Waals surface area contributed by atoms with Gasteiger partial charge in [-0.05, 0) is 24.7 Å². The van der Waals surface area contributed by atoms with Gasteiger partial charge in [-0.15, -0.1) is 0 Å². The summed E-state index contributed by atoms with van der Waals surface area (Å²) < 4.78 is 4.98. The monoisotopic (exact) mass is 237 g/mol. The number of aromatic nitrogens is 2. The minimum absolute atomic E-state index is 0.613. The summed E-state index contributed by atoms with van der Waals surface area (Å²) in [6.45, 7) is 7.20. The maximum atomic E-state index is 4.98. The van der Waals surface area contributed by atoms with Crippen molar-refractivity contribution in [2.75, 3.05) is 0 Å². The molecule has 4 nitrogen and oxygen atoms in total. The lowest BCUT2D eigenvalue weighted by Crippen LogP contribution is -2.40. The van der Waals surface area contributed by atoms with Gasteiger partial charge in [0, 0.05) is 13.0 Å². The predicted molar refractivity (Wildman–Crippen MR) is 66.5 cm³/mol. The highest BCUT2D eigenvalue weighted by atomic mass is 16.5. The summed E-state index contributed by atoms with van der Waals surface area (Å²) in [5.74, 6) is 2.96. The summed E-state index contributed by atoms with van der Waals surface area (Å²) in [6.07, 6.45) is 5.34. The van der Waals surface area contributed by atoms with E-state index in [2.05, 4.69) is 29.3 Å². The molecule has 96 valence electrons. The first-order valence-electron chi connectivity index (χ1n) is 6.69. The molecule has 1 fully saturated rings. The Hall–Kier alpha value is -0.900. The second-order valence-electron chi connectivity index (χ2n) is 5.41. The molecule has 0 bridgehead atoms. The molecule has 1 aromatic heterocycles. The highest BCUT2D eigenvalue weighted by Crippen LogP contribution is 2.30. The van der Waals surface area contributed by atoms with Crippen LogP contribution >= 0.6 is 0 Å². The van der Waals surface area contributed by atoms with E-state index in [4.69, 9.17) is 4.52 Å². The molecular formula is C13H23N3O. The van der Waals surface area contributed by atoms with Crippen molar-refractivity contribution in [2.24, 2.45) is 11.8 Å². The zero-order valence-corrected chi connectivity index (χ0v) is 11.1. The van der Waals surface area contributed by atoms with Crippen LogP contribution in [0.4, 0.5) is 0 Å². The number of nitrogens with zero attached hydrogens (tertiary/aromatic N) is 2. The summed E-state index contributed by atoms with van der Waals surface area (Å²) in [5.41, 5.74) is 0. The first kappa shape index (κ1) is 12.6. The molecule has 0 spiro atoms. The second kappa shape index (κ2) is 5.63. The van der Waals surface area contributed by atoms with Gasteiger partial charge in [0.25, 0.3) is 0 Å². The van der Waals surface area contributed by atoms with Gasteiger partial charge < -0.3 is 9.84 Å². The van der Waals surface area contributed by atoms with Crippen molar-refractivity contribution in [2.45, 2.75) is 59.0 Å². The molecule has 1 heterocycles. The molecular weight excluding hydrogens is 214 g/mol. The molecule has 1 N–H and O–H groups in total. The molecule has 4 heteroatoms. The van der Waals surface area contributed by atoms with Gasteiger partial charge in [-0.3, -0.25) is 0 Å². The van der Waals surface area contributed by atoms with E-state index in [-0.39, 0.29) is 0 Å². The smallest absolute Gasteiger partial charge is 0.223 e. The van der Waals surface area contributed by atoms with Crippen LogP contribution in [0, 0.1) is 18.8 Å². The maximum absolute atomic E-state index is 4.98. The van der Waals surface area contributed by atoms with Crippen molar-refractivity contribution in [1.82, 2.24) is 15.5 Å². The van der Waals surface area contributed by atoms with E-state index in [9.17, 15) is 0 Å². The van der Waals surface area contributed by atoms with Crippen molar-refractivity contribution in [1.29, 1.82) is 0 Å². The van der Waals surface area contributed by atoms with Crippen LogP contribution in [-0.4, -0.2) is 16.2 Å². The maximum Gasteiger partial charge on any atom is 0.223 e. The highest BCUT2D eigenvalue weighted by Gasteiger charge is 2.27. The van der Waals surface area contributed by atoms with E-state index in [1.54, 1.807) is 0 Å². The fraction of sp³-hybridized carbons (Fsp3) is 0.846. The van der Waals surface area contributed by atoms with Crippen LogP contribution in [0.1, 0.15) is 51.2 Å². The molecule has 17 heavy (non-hydrogen) atoms. The van der Waals surface area contributed by atoms with Gasteiger partial charge in [-0.25, -0.2) is 0 Å². The first-order chi connectivity index (χ1) is 8.16. The standard InChI is InChI=1S/C13H23N3O/c1-9(2)11-6-4-5-7-12(11)14-8-13-15-10(3)17-16-13/h9,11-12,14H,4-8H2,1-3H3/t11-,12-/m1/s1. The zero-order chi connectivity index (χ0) is 12.3. The number of hydrogen-bond acceptors (Lipinski definition) is 4. The molecule has 2 rings (SSSR count). The van der Waals surface area contributed by atoms with Crippen LogP contribution in [-0.2, 0) is 6.54 Å². The van der Waals surface area contributed by atoms with Gasteiger partial charge in [0.1, 0.15) is 0 Å². The summed E-state index contributed by atoms with van der Waals surface area (Å²) in [4.78, 5) is 4.22. The van der Waals surface area contributed by atoms with Crippen molar-refractivity contribution < 1.29 is 4.52 Å². The van der Waals surface area contributed by atoms with Crippen molar-refractivity contribution in [3.8, 4) is 0 Å². The van der Waals surface area contributed by atoms with Crippen molar-refractivity contribution in [3.05, 3.63) is 11.7 Å². The van der Waals surface area contributed by atoms with E-state index >= 15 is 0 Å². The predicted octanol–water partition coefficient (Wildman–Crippen LogP) is 2.68. The van der Waals surface area contributed by atoms with Gasteiger partial charge in [0.2, 0.25) is 5.89 Å². The van der Waals surface area contributed by atoms with Gasteiger partial charge in [0.05, 0.1) is 6.54 Å². The number of nitrogens with one attached hydrogen (secondary N) is 1. The van der Waals surface area contributed by atoms with E-state index in [1.165, 1.54) is 25.7 Å². The first-order valence-corrected chi connectivity index (χ1v) is 6.69. The highest BCUT2D eigenvalue weighted by molar-refractivity contribution is 4.87. The van der Waals surface area contributed by atoms with Crippen LogP contribution in [0.15, 0.2) is 4.52 Å². The Morgan fingerprint density at radius 1 is 1.35 bits per heavy atom. The molecule has 1 saturated carbocycles. The van der Waals surface area contributed by atoms with Gasteiger partial charge in [0.15, 0.2) is 5.82 Å². The largest absolute Gasteiger partial charge is 0.340 e. The molecule has 1 aliphatic rings. The second-order valence-corrected chi connectivity index (χ2v) is 5.41. The molecule has 0 amide bonds. The molecule has 2 atom stereocenters. The van der Waals surface area contributed by atoms with Crippen LogP contribution in [0.5, 0.6) is 0 Å². The average molecular weight is 237 g/mol. The molecule has 0 aliphatic heterocycles. The molecule has 1 aromatic rings. The Balaban J connectivity index is 1.88. The third kappa shape index (κ3) is 3.28. The average Bonchev–Trinajstić information content (AvgIpc) is 2.73. The number of aryl methyl sites for hydroxylation is 1.